The van der Waals surface area contributed by atoms with Crippen molar-refractivity contribution < 1.29 is 23.1 Å². The van der Waals surface area contributed by atoms with Crippen LogP contribution in [-0.4, -0.2) is 42.3 Å². The maximum Gasteiger partial charge on any atom is 0.322 e. The number of likely N-dealkylation sites (tertiary alicyclic amines) is 1. The van der Waals surface area contributed by atoms with Gasteiger partial charge in [-0.2, -0.15) is 0 Å². The highest BCUT2D eigenvalue weighted by Crippen LogP contribution is 2.49. The highest BCUT2D eigenvalue weighted by atomic mass is 19.1. The van der Waals surface area contributed by atoms with Gasteiger partial charge in [-0.05, 0) is 47.9 Å². The summed E-state index contributed by atoms with van der Waals surface area (Å²) in [6, 6.07) is 13.8. The molecule has 0 unspecified atom stereocenters. The minimum Gasteiger partial charge on any atom is -0.394 e. The van der Waals surface area contributed by atoms with E-state index in [4.69, 9.17) is 0 Å². The van der Waals surface area contributed by atoms with Gasteiger partial charge in [0.1, 0.15) is 17.5 Å². The van der Waals surface area contributed by atoms with Crippen LogP contribution in [-0.2, 0) is 0 Å². The zero-order valence-corrected chi connectivity index (χ0v) is 18.5. The van der Waals surface area contributed by atoms with Crippen molar-refractivity contribution in [3.8, 4) is 11.1 Å². The molecule has 5 nitrogen and oxygen atoms in total. The molecule has 5 rings (SSSR count). The highest BCUT2D eigenvalue weighted by molar-refractivity contribution is 5.90. The molecule has 0 aromatic heterocycles. The molecule has 3 aromatic carbocycles. The second kappa shape index (κ2) is 8.68. The van der Waals surface area contributed by atoms with Gasteiger partial charge in [0.2, 0.25) is 0 Å². The van der Waals surface area contributed by atoms with Crippen molar-refractivity contribution >= 4 is 17.4 Å². The molecule has 0 radical (unpaired) electrons. The summed E-state index contributed by atoms with van der Waals surface area (Å²) in [6.07, 6.45) is 0.628. The summed E-state index contributed by atoms with van der Waals surface area (Å²) in [6.45, 7) is 0.284. The number of aliphatic hydroxyl groups excluding tert-OH is 1. The van der Waals surface area contributed by atoms with Gasteiger partial charge in [-0.15, -0.1) is 0 Å². The van der Waals surface area contributed by atoms with Crippen LogP contribution in [0.4, 0.5) is 29.3 Å². The van der Waals surface area contributed by atoms with Gasteiger partial charge < -0.3 is 20.2 Å². The molecule has 176 valence electrons. The van der Waals surface area contributed by atoms with Crippen molar-refractivity contribution in [2.75, 3.05) is 30.4 Å². The molecule has 0 spiro atoms. The predicted octanol–water partition coefficient (Wildman–Crippen LogP) is 5.18. The molecule has 3 atom stereocenters. The summed E-state index contributed by atoms with van der Waals surface area (Å²) in [7, 11) is 1.89. The van der Waals surface area contributed by atoms with Crippen LogP contribution >= 0.6 is 0 Å². The highest BCUT2D eigenvalue weighted by Gasteiger charge is 2.47. The minimum absolute atomic E-state index is 0.0820. The lowest BCUT2D eigenvalue weighted by atomic mass is 9.81. The number of urea groups is 1. The molecule has 0 aliphatic carbocycles. The van der Waals surface area contributed by atoms with Gasteiger partial charge in [-0.25, -0.2) is 18.0 Å². The third-order valence-corrected chi connectivity index (χ3v) is 6.97. The molecule has 8 heteroatoms. The number of halogens is 3. The average molecular weight is 467 g/mol. The van der Waals surface area contributed by atoms with Crippen LogP contribution in [0.15, 0.2) is 60.7 Å². The molecule has 0 saturated carbocycles. The topological polar surface area (TPSA) is 55.8 Å². The Morgan fingerprint density at radius 3 is 2.62 bits per heavy atom. The number of hydrogen-bond acceptors (Lipinski definition) is 3. The Hall–Kier alpha value is -3.52. The Balaban J connectivity index is 1.55. The Morgan fingerprint density at radius 1 is 1.06 bits per heavy atom. The number of carbonyl (C=O) groups excluding carboxylic acids is 1. The van der Waals surface area contributed by atoms with Gasteiger partial charge in [-0.3, -0.25) is 0 Å². The molecule has 1 saturated heterocycles. The molecule has 2 amide bonds. The molecular weight excluding hydrogens is 443 g/mol. The van der Waals surface area contributed by atoms with E-state index in [1.165, 1.54) is 6.07 Å². The zero-order valence-electron chi connectivity index (χ0n) is 18.5. The van der Waals surface area contributed by atoms with Crippen molar-refractivity contribution in [2.24, 2.45) is 5.92 Å². The van der Waals surface area contributed by atoms with Gasteiger partial charge in [0.05, 0.1) is 24.4 Å². The van der Waals surface area contributed by atoms with Gasteiger partial charge in [-0.1, -0.05) is 24.3 Å². The molecule has 2 aliphatic rings. The van der Waals surface area contributed by atoms with E-state index in [-0.39, 0.29) is 30.1 Å². The summed E-state index contributed by atoms with van der Waals surface area (Å²) in [5.41, 5.74) is 2.54. The van der Waals surface area contributed by atoms with E-state index in [0.29, 0.717) is 24.1 Å². The monoisotopic (exact) mass is 467 g/mol. The third-order valence-electron chi connectivity index (χ3n) is 6.97. The number of aliphatic hydroxyl groups is 1. The van der Waals surface area contributed by atoms with Crippen LogP contribution in [0.1, 0.15) is 18.0 Å². The normalized spacial score (nSPS) is 21.3. The van der Waals surface area contributed by atoms with Crippen LogP contribution < -0.4 is 10.2 Å². The number of benzene rings is 3. The van der Waals surface area contributed by atoms with E-state index in [0.717, 1.165) is 29.4 Å². The second-order valence-electron chi connectivity index (χ2n) is 8.76. The van der Waals surface area contributed by atoms with Crippen molar-refractivity contribution in [2.45, 2.75) is 18.5 Å². The standard InChI is InChI=1S/C26H24F3N3O2/c1-31-23-9-6-15(17-4-2-3-5-20(17)28)12-19(23)25-18(24(31)14-33)10-11-32(25)26(34)30-22-13-16(27)7-8-21(22)29/h2-9,12-13,18,24-25,33H,10-11,14H2,1H3,(H,30,34)/t18-,24-,25-/m0/s1. The molecule has 1 fully saturated rings. The molecule has 2 aliphatic heterocycles. The fourth-order valence-corrected chi connectivity index (χ4v) is 5.32. The van der Waals surface area contributed by atoms with E-state index in [1.54, 1.807) is 23.1 Å². The smallest absolute Gasteiger partial charge is 0.322 e. The van der Waals surface area contributed by atoms with Gasteiger partial charge in [0, 0.05) is 36.8 Å². The van der Waals surface area contributed by atoms with Crippen molar-refractivity contribution in [1.82, 2.24) is 4.90 Å². The number of fused-ring (bicyclic) bond motifs is 3. The molecule has 34 heavy (non-hydrogen) atoms. The summed E-state index contributed by atoms with van der Waals surface area (Å²) in [5.74, 6) is -1.82. The summed E-state index contributed by atoms with van der Waals surface area (Å²) in [4.78, 5) is 16.8. The number of nitrogens with zero attached hydrogens (tertiary/aromatic N) is 2. The van der Waals surface area contributed by atoms with E-state index in [9.17, 15) is 23.1 Å². The lowest BCUT2D eigenvalue weighted by Gasteiger charge is -2.44. The first-order chi connectivity index (χ1) is 16.4. The Labute approximate surface area is 195 Å². The van der Waals surface area contributed by atoms with E-state index >= 15 is 0 Å². The van der Waals surface area contributed by atoms with E-state index in [1.807, 2.05) is 30.1 Å². The summed E-state index contributed by atoms with van der Waals surface area (Å²) >= 11 is 0. The number of anilines is 2. The molecular formula is C26H24F3N3O2. The number of rotatable bonds is 3. The van der Waals surface area contributed by atoms with Crippen LogP contribution in [0.25, 0.3) is 11.1 Å². The first kappa shape index (κ1) is 22.3. The fraction of sp³-hybridized carbons (Fsp3) is 0.269. The summed E-state index contributed by atoms with van der Waals surface area (Å²) in [5, 5.41) is 12.6. The quantitative estimate of drug-likeness (QED) is 0.558. The Bertz CT molecular complexity index is 1250. The lowest BCUT2D eigenvalue weighted by Crippen LogP contribution is -2.48. The SMILES string of the molecule is CN1c2ccc(-c3ccccc3F)cc2[C@@H]2[C@@H](CCN2C(=O)Nc2cc(F)ccc2F)[C@@H]1CO. The number of amides is 2. The van der Waals surface area contributed by atoms with Crippen LogP contribution in [0.2, 0.25) is 0 Å². The lowest BCUT2D eigenvalue weighted by molar-refractivity contribution is 0.168. The van der Waals surface area contributed by atoms with Crippen molar-refractivity contribution in [3.05, 3.63) is 83.7 Å². The number of nitrogens with one attached hydrogen (secondary N) is 1. The molecule has 3 aromatic rings. The zero-order chi connectivity index (χ0) is 24.0. The van der Waals surface area contributed by atoms with E-state index < -0.39 is 23.7 Å². The Morgan fingerprint density at radius 2 is 1.85 bits per heavy atom. The minimum atomic E-state index is -0.732. The number of likely N-dealkylation sites (N-methyl/N-ethyl adjacent to an activating group) is 1. The van der Waals surface area contributed by atoms with Gasteiger partial charge in [0.15, 0.2) is 0 Å². The fourth-order valence-electron chi connectivity index (χ4n) is 5.32. The predicted molar refractivity (Wildman–Crippen MR) is 124 cm³/mol. The van der Waals surface area contributed by atoms with Crippen molar-refractivity contribution in [3.63, 3.8) is 0 Å². The van der Waals surface area contributed by atoms with Crippen LogP contribution in [0.3, 0.4) is 0 Å². The maximum atomic E-state index is 14.5. The van der Waals surface area contributed by atoms with Crippen molar-refractivity contribution in [1.29, 1.82) is 0 Å². The first-order valence-corrected chi connectivity index (χ1v) is 11.1. The molecule has 2 N–H and O–H groups in total. The summed E-state index contributed by atoms with van der Waals surface area (Å²) < 4.78 is 42.3. The van der Waals surface area contributed by atoms with Crippen LogP contribution in [0, 0.1) is 23.4 Å². The number of hydrogen-bond donors (Lipinski definition) is 2. The van der Waals surface area contributed by atoms with Crippen LogP contribution in [0.5, 0.6) is 0 Å². The largest absolute Gasteiger partial charge is 0.394 e. The first-order valence-electron chi connectivity index (χ1n) is 11.1. The van der Waals surface area contributed by atoms with E-state index in [2.05, 4.69) is 5.32 Å². The molecule has 2 heterocycles. The third kappa shape index (κ3) is 3.68. The molecule has 0 bridgehead atoms. The number of carbonyl (C=O) groups is 1. The maximum absolute atomic E-state index is 14.5. The van der Waals surface area contributed by atoms with Gasteiger partial charge in [0.25, 0.3) is 0 Å². The Kier molecular flexibility index (Phi) is 5.69. The second-order valence-corrected chi connectivity index (χ2v) is 8.76. The average Bonchev–Trinajstić information content (AvgIpc) is 3.27. The van der Waals surface area contributed by atoms with Gasteiger partial charge >= 0.3 is 6.03 Å².